The van der Waals surface area contributed by atoms with Crippen LogP contribution in [0.1, 0.15) is 19.4 Å². The van der Waals surface area contributed by atoms with Crippen molar-refractivity contribution in [2.75, 3.05) is 19.6 Å². The summed E-state index contributed by atoms with van der Waals surface area (Å²) in [6.45, 7) is 5.90. The zero-order chi connectivity index (χ0) is 14.5. The highest BCUT2D eigenvalue weighted by molar-refractivity contribution is 6.30. The lowest BCUT2D eigenvalue weighted by Crippen LogP contribution is -2.51. The van der Waals surface area contributed by atoms with Gasteiger partial charge in [-0.15, -0.1) is 0 Å². The largest absolute Gasteiger partial charge is 0.372 e. The van der Waals surface area contributed by atoms with Crippen LogP contribution < -0.4 is 5.32 Å². The van der Waals surface area contributed by atoms with Gasteiger partial charge in [0, 0.05) is 24.7 Å². The minimum atomic E-state index is -0.0130. The second kappa shape index (κ2) is 6.95. The summed E-state index contributed by atoms with van der Waals surface area (Å²) < 4.78 is 5.62. The summed E-state index contributed by atoms with van der Waals surface area (Å²) in [5, 5.41) is 3.69. The molecule has 2 atom stereocenters. The van der Waals surface area contributed by atoms with Gasteiger partial charge >= 0.3 is 6.03 Å². The molecule has 110 valence electrons. The number of benzene rings is 1. The fourth-order valence-electron chi connectivity index (χ4n) is 2.42. The van der Waals surface area contributed by atoms with Crippen LogP contribution in [0.4, 0.5) is 4.79 Å². The van der Waals surface area contributed by atoms with E-state index in [1.165, 1.54) is 5.56 Å². The molecule has 4 nitrogen and oxygen atoms in total. The van der Waals surface area contributed by atoms with E-state index < -0.39 is 0 Å². The molecule has 0 saturated carbocycles. The van der Waals surface area contributed by atoms with Gasteiger partial charge in [-0.1, -0.05) is 23.7 Å². The maximum absolute atomic E-state index is 12.1. The van der Waals surface area contributed by atoms with Crippen LogP contribution in [-0.2, 0) is 11.2 Å². The van der Waals surface area contributed by atoms with Crippen molar-refractivity contribution in [3.05, 3.63) is 34.9 Å². The SMILES string of the molecule is CC1CN(C(=O)NCCc2ccc(Cl)cc2)CC(C)O1. The predicted octanol–water partition coefficient (Wildman–Crippen LogP) is 2.70. The smallest absolute Gasteiger partial charge is 0.317 e. The quantitative estimate of drug-likeness (QED) is 0.932. The van der Waals surface area contributed by atoms with Crippen molar-refractivity contribution in [3.63, 3.8) is 0 Å². The molecule has 1 aromatic carbocycles. The van der Waals surface area contributed by atoms with Crippen LogP contribution in [0.2, 0.25) is 5.02 Å². The van der Waals surface area contributed by atoms with E-state index in [4.69, 9.17) is 16.3 Å². The van der Waals surface area contributed by atoms with E-state index in [-0.39, 0.29) is 18.2 Å². The van der Waals surface area contributed by atoms with Gasteiger partial charge in [0.25, 0.3) is 0 Å². The van der Waals surface area contributed by atoms with Crippen molar-refractivity contribution in [2.45, 2.75) is 32.5 Å². The first-order valence-electron chi connectivity index (χ1n) is 6.97. The fourth-order valence-corrected chi connectivity index (χ4v) is 2.55. The van der Waals surface area contributed by atoms with E-state index in [1.807, 2.05) is 43.0 Å². The van der Waals surface area contributed by atoms with Gasteiger partial charge in [-0.25, -0.2) is 4.79 Å². The molecule has 1 saturated heterocycles. The molecule has 0 spiro atoms. The van der Waals surface area contributed by atoms with Crippen molar-refractivity contribution in [1.82, 2.24) is 10.2 Å². The van der Waals surface area contributed by atoms with Crippen LogP contribution in [0.25, 0.3) is 0 Å². The molecule has 0 aliphatic carbocycles. The summed E-state index contributed by atoms with van der Waals surface area (Å²) in [6.07, 6.45) is 1.000. The predicted molar refractivity (Wildman–Crippen MR) is 80.1 cm³/mol. The van der Waals surface area contributed by atoms with Gasteiger partial charge in [0.05, 0.1) is 12.2 Å². The van der Waals surface area contributed by atoms with Crippen LogP contribution >= 0.6 is 11.6 Å². The summed E-state index contributed by atoms with van der Waals surface area (Å²) in [7, 11) is 0. The lowest BCUT2D eigenvalue weighted by atomic mass is 10.1. The Labute approximate surface area is 125 Å². The van der Waals surface area contributed by atoms with Gasteiger partial charge in [0.15, 0.2) is 0 Å². The number of amides is 2. The number of hydrogen-bond acceptors (Lipinski definition) is 2. The Morgan fingerprint density at radius 3 is 2.50 bits per heavy atom. The van der Waals surface area contributed by atoms with Crippen molar-refractivity contribution in [1.29, 1.82) is 0 Å². The third-order valence-corrected chi connectivity index (χ3v) is 3.56. The monoisotopic (exact) mass is 296 g/mol. The van der Waals surface area contributed by atoms with E-state index in [0.29, 0.717) is 19.6 Å². The molecule has 1 fully saturated rings. The topological polar surface area (TPSA) is 41.6 Å². The highest BCUT2D eigenvalue weighted by atomic mass is 35.5. The summed E-state index contributed by atoms with van der Waals surface area (Å²) in [4.78, 5) is 13.9. The number of ether oxygens (including phenoxy) is 1. The third-order valence-electron chi connectivity index (χ3n) is 3.31. The number of nitrogens with zero attached hydrogens (tertiary/aromatic N) is 1. The molecule has 1 aromatic rings. The number of hydrogen-bond donors (Lipinski definition) is 1. The van der Waals surface area contributed by atoms with Gasteiger partial charge in [0.2, 0.25) is 0 Å². The third kappa shape index (κ3) is 4.39. The first-order valence-corrected chi connectivity index (χ1v) is 7.35. The molecule has 0 bridgehead atoms. The van der Waals surface area contributed by atoms with Gasteiger partial charge in [-0.2, -0.15) is 0 Å². The Balaban J connectivity index is 1.76. The Kier molecular flexibility index (Phi) is 5.26. The first-order chi connectivity index (χ1) is 9.54. The zero-order valence-electron chi connectivity index (χ0n) is 11.9. The lowest BCUT2D eigenvalue weighted by Gasteiger charge is -2.35. The number of halogens is 1. The van der Waals surface area contributed by atoms with E-state index in [1.54, 1.807) is 0 Å². The molecule has 1 N–H and O–H groups in total. The molecule has 0 radical (unpaired) electrons. The summed E-state index contributed by atoms with van der Waals surface area (Å²) in [5.74, 6) is 0. The van der Waals surface area contributed by atoms with Gasteiger partial charge in [-0.3, -0.25) is 0 Å². The fraction of sp³-hybridized carbons (Fsp3) is 0.533. The molecule has 1 aliphatic heterocycles. The maximum atomic E-state index is 12.1. The van der Waals surface area contributed by atoms with Crippen molar-refractivity contribution >= 4 is 17.6 Å². The highest BCUT2D eigenvalue weighted by Crippen LogP contribution is 2.11. The highest BCUT2D eigenvalue weighted by Gasteiger charge is 2.25. The molecule has 5 heteroatoms. The molecule has 20 heavy (non-hydrogen) atoms. The van der Waals surface area contributed by atoms with Crippen LogP contribution in [0, 0.1) is 0 Å². The average Bonchev–Trinajstić information content (AvgIpc) is 2.40. The van der Waals surface area contributed by atoms with Crippen molar-refractivity contribution in [3.8, 4) is 0 Å². The number of rotatable bonds is 3. The van der Waals surface area contributed by atoms with Crippen molar-refractivity contribution < 1.29 is 9.53 Å². The van der Waals surface area contributed by atoms with E-state index >= 15 is 0 Å². The molecule has 2 rings (SSSR count). The summed E-state index contributed by atoms with van der Waals surface area (Å²) >= 11 is 5.84. The van der Waals surface area contributed by atoms with Crippen LogP contribution in [0.5, 0.6) is 0 Å². The van der Waals surface area contributed by atoms with Gasteiger partial charge < -0.3 is 15.0 Å². The van der Waals surface area contributed by atoms with Crippen molar-refractivity contribution in [2.24, 2.45) is 0 Å². The summed E-state index contributed by atoms with van der Waals surface area (Å²) in [6, 6.07) is 7.68. The number of morpholine rings is 1. The molecular formula is C15H21ClN2O2. The molecule has 0 aromatic heterocycles. The Morgan fingerprint density at radius 2 is 1.90 bits per heavy atom. The Bertz CT molecular complexity index is 440. The minimum Gasteiger partial charge on any atom is -0.372 e. The number of nitrogens with one attached hydrogen (secondary N) is 1. The number of carbonyl (C=O) groups is 1. The van der Waals surface area contributed by atoms with Crippen LogP contribution in [-0.4, -0.2) is 42.8 Å². The number of urea groups is 1. The maximum Gasteiger partial charge on any atom is 0.317 e. The van der Waals surface area contributed by atoms with E-state index in [0.717, 1.165) is 11.4 Å². The minimum absolute atomic E-state index is 0.0130. The lowest BCUT2D eigenvalue weighted by molar-refractivity contribution is -0.0544. The zero-order valence-corrected chi connectivity index (χ0v) is 12.7. The van der Waals surface area contributed by atoms with Crippen LogP contribution in [0.3, 0.4) is 0 Å². The molecular weight excluding hydrogens is 276 g/mol. The van der Waals surface area contributed by atoms with E-state index in [2.05, 4.69) is 5.32 Å². The van der Waals surface area contributed by atoms with Gasteiger partial charge in [-0.05, 0) is 38.0 Å². The second-order valence-electron chi connectivity index (χ2n) is 5.27. The summed E-state index contributed by atoms with van der Waals surface area (Å²) in [5.41, 5.74) is 1.17. The van der Waals surface area contributed by atoms with E-state index in [9.17, 15) is 4.79 Å². The van der Waals surface area contributed by atoms with Gasteiger partial charge in [0.1, 0.15) is 0 Å². The number of carbonyl (C=O) groups excluding carboxylic acids is 1. The molecule has 1 heterocycles. The normalized spacial score (nSPS) is 22.6. The molecule has 1 aliphatic rings. The Morgan fingerprint density at radius 1 is 1.30 bits per heavy atom. The molecule has 2 unspecified atom stereocenters. The molecule has 2 amide bonds. The van der Waals surface area contributed by atoms with Crippen LogP contribution in [0.15, 0.2) is 24.3 Å². The average molecular weight is 297 g/mol. The first kappa shape index (κ1) is 15.1. The standard InChI is InChI=1S/C15H21ClN2O2/c1-11-9-18(10-12(2)20-11)15(19)17-8-7-13-3-5-14(16)6-4-13/h3-6,11-12H,7-10H2,1-2H3,(H,17,19). The second-order valence-corrected chi connectivity index (χ2v) is 5.71. The Hall–Kier alpha value is -1.26.